The number of hydrogen-bond donors (Lipinski definition) is 1. The summed E-state index contributed by atoms with van der Waals surface area (Å²) in [6.45, 7) is 1.51. The highest BCUT2D eigenvalue weighted by molar-refractivity contribution is 8.13. The number of carbonyl (C=O) groups is 1. The van der Waals surface area contributed by atoms with Crippen LogP contribution in [0.1, 0.15) is 37.7 Å². The Kier molecular flexibility index (Phi) is 4.16. The lowest BCUT2D eigenvalue weighted by Gasteiger charge is -2.20. The molecule has 4 nitrogen and oxygen atoms in total. The summed E-state index contributed by atoms with van der Waals surface area (Å²) in [5, 5.41) is 2.95. The van der Waals surface area contributed by atoms with Gasteiger partial charge in [0.2, 0.25) is 5.91 Å². The number of benzene rings is 1. The highest BCUT2D eigenvalue weighted by Crippen LogP contribution is 2.35. The molecule has 1 aliphatic rings. The van der Waals surface area contributed by atoms with Crippen molar-refractivity contribution >= 4 is 25.6 Å². The van der Waals surface area contributed by atoms with Crippen molar-refractivity contribution in [3.63, 3.8) is 0 Å². The molecule has 2 unspecified atom stereocenters. The maximum absolute atomic E-state index is 11.2. The lowest BCUT2D eigenvalue weighted by Crippen LogP contribution is -2.34. The second kappa shape index (κ2) is 5.51. The molecular formula is C13H16ClNO3S. The fourth-order valence-electron chi connectivity index (χ4n) is 2.67. The topological polar surface area (TPSA) is 63.2 Å². The van der Waals surface area contributed by atoms with Crippen molar-refractivity contribution in [1.29, 1.82) is 0 Å². The first-order chi connectivity index (χ1) is 8.88. The molecule has 0 aromatic heterocycles. The minimum absolute atomic E-state index is 0.0307. The van der Waals surface area contributed by atoms with Crippen LogP contribution in [0.5, 0.6) is 0 Å². The Morgan fingerprint density at radius 3 is 2.42 bits per heavy atom. The Hall–Kier alpha value is -1.07. The van der Waals surface area contributed by atoms with Crippen molar-refractivity contribution in [2.24, 2.45) is 0 Å². The van der Waals surface area contributed by atoms with Gasteiger partial charge >= 0.3 is 0 Å². The summed E-state index contributed by atoms with van der Waals surface area (Å²) in [4.78, 5) is 11.3. The van der Waals surface area contributed by atoms with Crippen LogP contribution in [0.2, 0.25) is 0 Å². The lowest BCUT2D eigenvalue weighted by atomic mass is 9.94. The number of hydrogen-bond acceptors (Lipinski definition) is 3. The van der Waals surface area contributed by atoms with Gasteiger partial charge < -0.3 is 5.32 Å². The van der Waals surface area contributed by atoms with Crippen molar-refractivity contribution in [2.75, 3.05) is 0 Å². The first-order valence-electron chi connectivity index (χ1n) is 6.19. The summed E-state index contributed by atoms with van der Waals surface area (Å²) in [5.74, 6) is 0.216. The highest BCUT2D eigenvalue weighted by atomic mass is 35.7. The molecular weight excluding hydrogens is 286 g/mol. The fourth-order valence-corrected chi connectivity index (χ4v) is 3.44. The Labute approximate surface area is 117 Å². The van der Waals surface area contributed by atoms with Gasteiger partial charge in [0.05, 0.1) is 4.90 Å². The second-order valence-corrected chi connectivity index (χ2v) is 7.42. The Morgan fingerprint density at radius 2 is 1.89 bits per heavy atom. The van der Waals surface area contributed by atoms with E-state index < -0.39 is 9.05 Å². The van der Waals surface area contributed by atoms with Crippen molar-refractivity contribution in [1.82, 2.24) is 5.32 Å². The molecule has 1 N–H and O–H groups in total. The molecule has 0 bridgehead atoms. The monoisotopic (exact) mass is 301 g/mol. The fraction of sp³-hybridized carbons (Fsp3) is 0.462. The van der Waals surface area contributed by atoms with Crippen LogP contribution in [0.15, 0.2) is 29.2 Å². The molecule has 0 radical (unpaired) electrons. The molecule has 0 aliphatic heterocycles. The molecule has 0 saturated heterocycles. The van der Waals surface area contributed by atoms with E-state index >= 15 is 0 Å². The number of amides is 1. The summed E-state index contributed by atoms with van der Waals surface area (Å²) in [6.07, 6.45) is 3.02. The molecule has 1 aliphatic carbocycles. The highest BCUT2D eigenvalue weighted by Gasteiger charge is 2.29. The first kappa shape index (κ1) is 14.3. The van der Waals surface area contributed by atoms with Gasteiger partial charge in [-0.25, -0.2) is 8.42 Å². The van der Waals surface area contributed by atoms with Crippen LogP contribution in [0.3, 0.4) is 0 Å². The molecule has 1 saturated carbocycles. The number of carbonyl (C=O) groups excluding carboxylic acids is 1. The largest absolute Gasteiger partial charge is 0.353 e. The Bertz CT molecular complexity index is 568. The van der Waals surface area contributed by atoms with Crippen molar-refractivity contribution in [3.05, 3.63) is 29.8 Å². The van der Waals surface area contributed by atoms with E-state index in [0.29, 0.717) is 0 Å². The number of rotatable bonds is 3. The van der Waals surface area contributed by atoms with E-state index in [1.165, 1.54) is 19.1 Å². The van der Waals surface area contributed by atoms with Gasteiger partial charge in [0.15, 0.2) is 0 Å². The minimum atomic E-state index is -3.67. The standard InChI is InChI=1S/C13H16ClNO3S/c1-9(16)15-13-4-2-3-12(13)10-5-7-11(8-6-10)19(14,17)18/h5-8,12-13H,2-4H2,1H3,(H,15,16). The van der Waals surface area contributed by atoms with E-state index in [9.17, 15) is 13.2 Å². The van der Waals surface area contributed by atoms with Crippen molar-refractivity contribution in [2.45, 2.75) is 43.0 Å². The van der Waals surface area contributed by atoms with E-state index in [-0.39, 0.29) is 22.8 Å². The van der Waals surface area contributed by atoms with Gasteiger partial charge in [-0.1, -0.05) is 18.6 Å². The van der Waals surface area contributed by atoms with E-state index in [0.717, 1.165) is 24.8 Å². The van der Waals surface area contributed by atoms with Gasteiger partial charge in [0, 0.05) is 29.6 Å². The minimum Gasteiger partial charge on any atom is -0.353 e. The van der Waals surface area contributed by atoms with Crippen LogP contribution in [-0.4, -0.2) is 20.4 Å². The Morgan fingerprint density at radius 1 is 1.26 bits per heavy atom. The van der Waals surface area contributed by atoms with Gasteiger partial charge in [0.25, 0.3) is 9.05 Å². The van der Waals surface area contributed by atoms with E-state index in [1.54, 1.807) is 12.1 Å². The van der Waals surface area contributed by atoms with Crippen molar-refractivity contribution < 1.29 is 13.2 Å². The van der Waals surface area contributed by atoms with Crippen LogP contribution >= 0.6 is 10.7 Å². The third kappa shape index (κ3) is 3.48. The molecule has 19 heavy (non-hydrogen) atoms. The summed E-state index contributed by atoms with van der Waals surface area (Å²) in [6, 6.07) is 6.72. The van der Waals surface area contributed by atoms with Gasteiger partial charge in [0.1, 0.15) is 0 Å². The molecule has 1 aromatic carbocycles. The molecule has 2 rings (SSSR count). The van der Waals surface area contributed by atoms with Crippen LogP contribution in [0, 0.1) is 0 Å². The maximum Gasteiger partial charge on any atom is 0.261 e. The third-order valence-corrected chi connectivity index (χ3v) is 4.86. The molecule has 1 aromatic rings. The van der Waals surface area contributed by atoms with Crippen LogP contribution in [0.4, 0.5) is 0 Å². The summed E-state index contributed by atoms with van der Waals surface area (Å²) >= 11 is 0. The van der Waals surface area contributed by atoms with Gasteiger partial charge in [-0.15, -0.1) is 0 Å². The lowest BCUT2D eigenvalue weighted by molar-refractivity contribution is -0.119. The van der Waals surface area contributed by atoms with E-state index in [2.05, 4.69) is 5.32 Å². The van der Waals surface area contributed by atoms with Crippen LogP contribution < -0.4 is 5.32 Å². The van der Waals surface area contributed by atoms with Crippen molar-refractivity contribution in [3.8, 4) is 0 Å². The Balaban J connectivity index is 2.20. The first-order valence-corrected chi connectivity index (χ1v) is 8.50. The SMILES string of the molecule is CC(=O)NC1CCCC1c1ccc(S(=O)(=O)Cl)cc1. The smallest absolute Gasteiger partial charge is 0.261 e. The number of nitrogens with one attached hydrogen (secondary N) is 1. The zero-order valence-electron chi connectivity index (χ0n) is 10.6. The third-order valence-electron chi connectivity index (χ3n) is 3.49. The molecule has 1 amide bonds. The van der Waals surface area contributed by atoms with Gasteiger partial charge in [-0.3, -0.25) is 4.79 Å². The van der Waals surface area contributed by atoms with Crippen LogP contribution in [0.25, 0.3) is 0 Å². The summed E-state index contributed by atoms with van der Waals surface area (Å²) in [5.41, 5.74) is 1.04. The molecule has 104 valence electrons. The average molecular weight is 302 g/mol. The van der Waals surface area contributed by atoms with Gasteiger partial charge in [-0.2, -0.15) is 0 Å². The predicted octanol–water partition coefficient (Wildman–Crippen LogP) is 2.39. The quantitative estimate of drug-likeness (QED) is 0.872. The molecule has 0 spiro atoms. The molecule has 2 atom stereocenters. The summed E-state index contributed by atoms with van der Waals surface area (Å²) in [7, 11) is 1.61. The molecule has 6 heteroatoms. The summed E-state index contributed by atoms with van der Waals surface area (Å²) < 4.78 is 22.4. The molecule has 1 fully saturated rings. The van der Waals surface area contributed by atoms with Crippen LogP contribution in [-0.2, 0) is 13.8 Å². The van der Waals surface area contributed by atoms with Gasteiger partial charge in [-0.05, 0) is 30.5 Å². The average Bonchev–Trinajstić information content (AvgIpc) is 2.75. The van der Waals surface area contributed by atoms with E-state index in [1.807, 2.05) is 0 Å². The second-order valence-electron chi connectivity index (χ2n) is 4.85. The zero-order valence-corrected chi connectivity index (χ0v) is 12.2. The number of halogens is 1. The zero-order chi connectivity index (χ0) is 14.0. The normalized spacial score (nSPS) is 23.3. The maximum atomic E-state index is 11.2. The van der Waals surface area contributed by atoms with E-state index in [4.69, 9.17) is 10.7 Å². The molecule has 0 heterocycles. The predicted molar refractivity (Wildman–Crippen MR) is 73.7 cm³/mol.